The third-order valence-corrected chi connectivity index (χ3v) is 4.68. The summed E-state index contributed by atoms with van der Waals surface area (Å²) >= 11 is 0. The van der Waals surface area contributed by atoms with Crippen molar-refractivity contribution in [3.8, 4) is 11.4 Å². The van der Waals surface area contributed by atoms with Crippen molar-refractivity contribution in [3.05, 3.63) is 72.1 Å². The lowest BCUT2D eigenvalue weighted by atomic mass is 10.1. The summed E-state index contributed by atoms with van der Waals surface area (Å²) in [5.41, 5.74) is 1.60. The van der Waals surface area contributed by atoms with Crippen LogP contribution in [0, 0.1) is 0 Å². The Bertz CT molecular complexity index is 879. The molecular weight excluding hydrogens is 328 g/mol. The van der Waals surface area contributed by atoms with Crippen molar-refractivity contribution in [2.24, 2.45) is 0 Å². The van der Waals surface area contributed by atoms with Gasteiger partial charge in [0.1, 0.15) is 0 Å². The zero-order valence-electron chi connectivity index (χ0n) is 14.5. The lowest BCUT2D eigenvalue weighted by molar-refractivity contribution is 0.0938. The fourth-order valence-corrected chi connectivity index (χ4v) is 3.33. The second-order valence-corrected chi connectivity index (χ2v) is 6.55. The third kappa shape index (κ3) is 3.36. The predicted molar refractivity (Wildman–Crippen MR) is 97.4 cm³/mol. The van der Waals surface area contributed by atoms with Gasteiger partial charge in [-0.1, -0.05) is 53.7 Å². The van der Waals surface area contributed by atoms with Crippen LogP contribution in [0.15, 0.2) is 65.2 Å². The minimum atomic E-state index is -0.0554. The molecule has 6 heteroatoms. The number of carbonyl (C=O) groups is 1. The van der Waals surface area contributed by atoms with Gasteiger partial charge >= 0.3 is 0 Å². The number of hydrogen-bond donors (Lipinski definition) is 1. The highest BCUT2D eigenvalue weighted by Crippen LogP contribution is 2.31. The summed E-state index contributed by atoms with van der Waals surface area (Å²) in [5, 5.41) is 7.19. The number of amides is 1. The van der Waals surface area contributed by atoms with E-state index in [-0.39, 0.29) is 18.0 Å². The summed E-state index contributed by atoms with van der Waals surface area (Å²) in [4.78, 5) is 19.0. The highest BCUT2D eigenvalue weighted by Gasteiger charge is 2.35. The number of likely N-dealkylation sites (N-methyl/N-ethyl adjacent to an activating group) is 1. The largest absolute Gasteiger partial charge is 0.348 e. The van der Waals surface area contributed by atoms with Gasteiger partial charge in [-0.15, -0.1) is 0 Å². The molecule has 0 radical (unpaired) electrons. The van der Waals surface area contributed by atoms with Gasteiger partial charge in [0.2, 0.25) is 11.7 Å². The van der Waals surface area contributed by atoms with E-state index < -0.39 is 0 Å². The molecule has 1 saturated heterocycles. The smallest absolute Gasteiger partial charge is 0.251 e. The molecule has 2 atom stereocenters. The van der Waals surface area contributed by atoms with E-state index in [2.05, 4.69) is 20.4 Å². The molecule has 2 unspecified atom stereocenters. The highest BCUT2D eigenvalue weighted by molar-refractivity contribution is 5.94. The van der Waals surface area contributed by atoms with Crippen molar-refractivity contribution in [3.63, 3.8) is 0 Å². The predicted octanol–water partition coefficient (Wildman–Crippen LogP) is 2.91. The topological polar surface area (TPSA) is 71.3 Å². The fraction of sp³-hybridized carbons (Fsp3) is 0.250. The van der Waals surface area contributed by atoms with Crippen LogP contribution >= 0.6 is 0 Å². The fourth-order valence-electron chi connectivity index (χ4n) is 3.33. The van der Waals surface area contributed by atoms with E-state index in [1.807, 2.05) is 67.7 Å². The normalized spacial score (nSPS) is 20.2. The molecule has 1 amide bonds. The summed E-state index contributed by atoms with van der Waals surface area (Å²) in [5.74, 6) is 1.12. The Morgan fingerprint density at radius 2 is 1.81 bits per heavy atom. The molecule has 0 saturated carbocycles. The van der Waals surface area contributed by atoms with Crippen LogP contribution < -0.4 is 5.32 Å². The molecule has 1 aliphatic heterocycles. The summed E-state index contributed by atoms with van der Waals surface area (Å²) in [6.45, 7) is 0.742. The molecule has 26 heavy (non-hydrogen) atoms. The average Bonchev–Trinajstić information content (AvgIpc) is 3.30. The van der Waals surface area contributed by atoms with Gasteiger partial charge < -0.3 is 9.84 Å². The van der Waals surface area contributed by atoms with Gasteiger partial charge in [-0.3, -0.25) is 9.69 Å². The third-order valence-electron chi connectivity index (χ3n) is 4.68. The molecule has 1 aliphatic rings. The second-order valence-electron chi connectivity index (χ2n) is 6.55. The van der Waals surface area contributed by atoms with Crippen LogP contribution in [0.25, 0.3) is 11.4 Å². The van der Waals surface area contributed by atoms with Crippen LogP contribution in [0.4, 0.5) is 0 Å². The Morgan fingerprint density at radius 1 is 1.12 bits per heavy atom. The van der Waals surface area contributed by atoms with Crippen molar-refractivity contribution in [1.82, 2.24) is 20.4 Å². The standard InChI is InChI=1S/C20H20N4O2/c1-24-13-16(21-19(25)15-10-6-3-7-11-15)12-17(24)20-22-18(23-26-20)14-8-4-2-5-9-14/h2-11,16-17H,12-13H2,1H3,(H,21,25). The average molecular weight is 348 g/mol. The summed E-state index contributed by atoms with van der Waals surface area (Å²) in [6.07, 6.45) is 0.742. The Kier molecular flexibility index (Phi) is 4.50. The first-order valence-corrected chi connectivity index (χ1v) is 8.66. The number of hydrogen-bond acceptors (Lipinski definition) is 5. The lowest BCUT2D eigenvalue weighted by Gasteiger charge is -2.14. The molecule has 2 aromatic carbocycles. The number of likely N-dealkylation sites (tertiary alicyclic amines) is 1. The van der Waals surface area contributed by atoms with Crippen LogP contribution in [-0.2, 0) is 0 Å². The van der Waals surface area contributed by atoms with Crippen molar-refractivity contribution in [2.45, 2.75) is 18.5 Å². The highest BCUT2D eigenvalue weighted by atomic mass is 16.5. The molecule has 1 aromatic heterocycles. The molecule has 6 nitrogen and oxygen atoms in total. The number of nitrogens with one attached hydrogen (secondary N) is 1. The molecule has 132 valence electrons. The number of rotatable bonds is 4. The monoisotopic (exact) mass is 348 g/mol. The molecule has 3 aromatic rings. The molecular formula is C20H20N4O2. The molecule has 0 aliphatic carbocycles. The van der Waals surface area contributed by atoms with Gasteiger partial charge in [-0.05, 0) is 25.6 Å². The van der Waals surface area contributed by atoms with Gasteiger partial charge in [-0.2, -0.15) is 4.98 Å². The van der Waals surface area contributed by atoms with Crippen LogP contribution in [0.1, 0.15) is 28.7 Å². The first kappa shape index (κ1) is 16.5. The van der Waals surface area contributed by atoms with E-state index in [1.165, 1.54) is 0 Å². The minimum Gasteiger partial charge on any atom is -0.348 e. The molecule has 0 bridgehead atoms. The van der Waals surface area contributed by atoms with Crippen molar-refractivity contribution in [1.29, 1.82) is 0 Å². The van der Waals surface area contributed by atoms with E-state index in [1.54, 1.807) is 0 Å². The lowest BCUT2D eigenvalue weighted by Crippen LogP contribution is -2.36. The molecule has 4 rings (SSSR count). The molecule has 1 N–H and O–H groups in total. The molecule has 1 fully saturated rings. The van der Waals surface area contributed by atoms with Crippen molar-refractivity contribution < 1.29 is 9.32 Å². The molecule has 2 heterocycles. The van der Waals surface area contributed by atoms with E-state index in [9.17, 15) is 4.79 Å². The maximum atomic E-state index is 12.4. The van der Waals surface area contributed by atoms with Gasteiger partial charge in [0.25, 0.3) is 5.91 Å². The van der Waals surface area contributed by atoms with Crippen LogP contribution in [0.5, 0.6) is 0 Å². The first-order valence-electron chi connectivity index (χ1n) is 8.66. The summed E-state index contributed by atoms with van der Waals surface area (Å²) in [7, 11) is 2.01. The van der Waals surface area contributed by atoms with E-state index in [4.69, 9.17) is 4.52 Å². The molecule has 0 spiro atoms. The summed E-state index contributed by atoms with van der Waals surface area (Å²) < 4.78 is 5.50. The zero-order valence-corrected chi connectivity index (χ0v) is 14.5. The Labute approximate surface area is 151 Å². The minimum absolute atomic E-state index is 0.000959. The first-order chi connectivity index (χ1) is 12.7. The van der Waals surface area contributed by atoms with E-state index in [0.29, 0.717) is 17.3 Å². The van der Waals surface area contributed by atoms with Crippen molar-refractivity contribution in [2.75, 3.05) is 13.6 Å². The summed E-state index contributed by atoms with van der Waals surface area (Å²) in [6, 6.07) is 19.1. The Morgan fingerprint density at radius 3 is 2.54 bits per heavy atom. The zero-order chi connectivity index (χ0) is 17.9. The second kappa shape index (κ2) is 7.09. The van der Waals surface area contributed by atoms with Crippen LogP contribution in [0.2, 0.25) is 0 Å². The number of benzene rings is 2. The number of aromatic nitrogens is 2. The van der Waals surface area contributed by atoms with E-state index >= 15 is 0 Å². The quantitative estimate of drug-likeness (QED) is 0.785. The van der Waals surface area contributed by atoms with E-state index in [0.717, 1.165) is 18.5 Å². The number of carbonyl (C=O) groups excluding carboxylic acids is 1. The van der Waals surface area contributed by atoms with Crippen LogP contribution in [0.3, 0.4) is 0 Å². The Hall–Kier alpha value is -2.99. The van der Waals surface area contributed by atoms with Crippen LogP contribution in [-0.4, -0.2) is 40.6 Å². The van der Waals surface area contributed by atoms with Gasteiger partial charge in [0.15, 0.2) is 0 Å². The Balaban J connectivity index is 1.44. The van der Waals surface area contributed by atoms with Gasteiger partial charge in [0.05, 0.1) is 6.04 Å². The number of nitrogens with zero attached hydrogens (tertiary/aromatic N) is 3. The maximum Gasteiger partial charge on any atom is 0.251 e. The SMILES string of the molecule is CN1CC(NC(=O)c2ccccc2)CC1c1nc(-c2ccccc2)no1. The van der Waals surface area contributed by atoms with Crippen molar-refractivity contribution >= 4 is 5.91 Å². The maximum absolute atomic E-state index is 12.4. The van der Waals surface area contributed by atoms with Gasteiger partial charge in [0, 0.05) is 23.7 Å². The van der Waals surface area contributed by atoms with Gasteiger partial charge in [-0.25, -0.2) is 0 Å².